The van der Waals surface area contributed by atoms with Gasteiger partial charge in [-0.1, -0.05) is 78.9 Å². The number of carbonyl (C=O) groups is 5. The summed E-state index contributed by atoms with van der Waals surface area (Å²) in [7, 11) is 0. The van der Waals surface area contributed by atoms with Crippen molar-refractivity contribution >= 4 is 29.8 Å². The highest BCUT2D eigenvalue weighted by Crippen LogP contribution is 2.44. The van der Waals surface area contributed by atoms with E-state index in [2.05, 4.69) is 16.0 Å². The van der Waals surface area contributed by atoms with Crippen LogP contribution in [0.2, 0.25) is 0 Å². The Morgan fingerprint density at radius 1 is 0.762 bits per heavy atom. The van der Waals surface area contributed by atoms with Gasteiger partial charge in [-0.05, 0) is 34.2 Å². The van der Waals surface area contributed by atoms with Crippen molar-refractivity contribution in [3.8, 4) is 11.1 Å². The second-order valence-electron chi connectivity index (χ2n) is 9.82. The Bertz CT molecular complexity index is 1410. The summed E-state index contributed by atoms with van der Waals surface area (Å²) in [5.41, 5.74) is 4.87. The van der Waals surface area contributed by atoms with Crippen LogP contribution in [0.15, 0.2) is 78.9 Å². The maximum atomic E-state index is 12.9. The van der Waals surface area contributed by atoms with Gasteiger partial charge in [0.1, 0.15) is 25.2 Å². The molecule has 11 nitrogen and oxygen atoms in total. The van der Waals surface area contributed by atoms with Gasteiger partial charge < -0.3 is 30.9 Å². The molecule has 0 bridgehead atoms. The highest BCUT2D eigenvalue weighted by molar-refractivity contribution is 5.92. The summed E-state index contributed by atoms with van der Waals surface area (Å²) in [4.78, 5) is 60.8. The molecule has 218 valence electrons. The average Bonchev–Trinajstić information content (AvgIpc) is 3.30. The number of nitrogens with one attached hydrogen (secondary N) is 3. The molecule has 0 unspecified atom stereocenters. The van der Waals surface area contributed by atoms with E-state index in [9.17, 15) is 29.1 Å². The molecular weight excluding hydrogens is 542 g/mol. The van der Waals surface area contributed by atoms with E-state index in [0.717, 1.165) is 22.3 Å². The number of ether oxygens (including phenoxy) is 1. The fourth-order valence-corrected chi connectivity index (χ4v) is 4.91. The SMILES string of the molecule is O=C(O)CC[C@H](NC(=O)CNC(=O)OCC1c2ccccc2-c2ccccc21)C(=O)N[C@@H](Cc1ccccc1)C(=O)O. The van der Waals surface area contributed by atoms with Crippen molar-refractivity contribution in [2.24, 2.45) is 0 Å². The van der Waals surface area contributed by atoms with Crippen molar-refractivity contribution in [3.05, 3.63) is 95.6 Å². The fourth-order valence-electron chi connectivity index (χ4n) is 4.91. The van der Waals surface area contributed by atoms with E-state index in [-0.39, 0.29) is 25.4 Å². The van der Waals surface area contributed by atoms with Crippen LogP contribution in [0.3, 0.4) is 0 Å². The summed E-state index contributed by atoms with van der Waals surface area (Å²) >= 11 is 0. The molecule has 3 amide bonds. The Kier molecular flexibility index (Phi) is 9.88. The molecular formula is C31H31N3O8. The first-order chi connectivity index (χ1) is 20.2. The number of fused-ring (bicyclic) bond motifs is 3. The summed E-state index contributed by atoms with van der Waals surface area (Å²) in [5, 5.41) is 25.8. The van der Waals surface area contributed by atoms with Gasteiger partial charge in [0, 0.05) is 18.8 Å². The molecule has 0 radical (unpaired) electrons. The maximum Gasteiger partial charge on any atom is 0.407 e. The van der Waals surface area contributed by atoms with Crippen LogP contribution in [-0.4, -0.2) is 65.3 Å². The van der Waals surface area contributed by atoms with Gasteiger partial charge in [-0.15, -0.1) is 0 Å². The zero-order valence-electron chi connectivity index (χ0n) is 22.6. The molecule has 3 aromatic rings. The molecule has 1 aliphatic carbocycles. The molecule has 0 aliphatic heterocycles. The highest BCUT2D eigenvalue weighted by Gasteiger charge is 2.30. The highest BCUT2D eigenvalue weighted by atomic mass is 16.5. The average molecular weight is 574 g/mol. The van der Waals surface area contributed by atoms with E-state index in [1.807, 2.05) is 48.5 Å². The number of alkyl carbamates (subject to hydrolysis) is 1. The minimum atomic E-state index is -1.34. The van der Waals surface area contributed by atoms with Gasteiger partial charge in [-0.2, -0.15) is 0 Å². The van der Waals surface area contributed by atoms with Crippen molar-refractivity contribution in [1.82, 2.24) is 16.0 Å². The zero-order chi connectivity index (χ0) is 30.1. The summed E-state index contributed by atoms with van der Waals surface area (Å²) in [6.07, 6.45) is -1.58. The Balaban J connectivity index is 1.31. The van der Waals surface area contributed by atoms with Gasteiger partial charge in [0.2, 0.25) is 11.8 Å². The first-order valence-electron chi connectivity index (χ1n) is 13.4. The van der Waals surface area contributed by atoms with Crippen LogP contribution in [0.4, 0.5) is 4.79 Å². The van der Waals surface area contributed by atoms with E-state index in [0.29, 0.717) is 5.56 Å². The number of carboxylic acids is 2. The molecule has 2 atom stereocenters. The third-order valence-electron chi connectivity index (χ3n) is 6.93. The number of rotatable bonds is 13. The lowest BCUT2D eigenvalue weighted by Gasteiger charge is -2.21. The third kappa shape index (κ3) is 7.72. The van der Waals surface area contributed by atoms with E-state index >= 15 is 0 Å². The summed E-state index contributed by atoms with van der Waals surface area (Å²) in [6, 6.07) is 21.7. The molecule has 0 heterocycles. The van der Waals surface area contributed by atoms with Crippen LogP contribution >= 0.6 is 0 Å². The molecule has 4 rings (SSSR count). The van der Waals surface area contributed by atoms with Gasteiger partial charge in [0.05, 0.1) is 0 Å². The molecule has 11 heteroatoms. The van der Waals surface area contributed by atoms with Crippen LogP contribution in [0.1, 0.15) is 35.4 Å². The van der Waals surface area contributed by atoms with Gasteiger partial charge in [0.15, 0.2) is 0 Å². The fraction of sp³-hybridized carbons (Fsp3) is 0.258. The third-order valence-corrected chi connectivity index (χ3v) is 6.93. The van der Waals surface area contributed by atoms with Crippen LogP contribution < -0.4 is 16.0 Å². The van der Waals surface area contributed by atoms with Crippen LogP contribution in [0, 0.1) is 0 Å². The minimum Gasteiger partial charge on any atom is -0.481 e. The topological polar surface area (TPSA) is 171 Å². The Labute approximate surface area is 241 Å². The molecule has 0 saturated heterocycles. The van der Waals surface area contributed by atoms with Gasteiger partial charge in [0.25, 0.3) is 0 Å². The summed E-state index contributed by atoms with van der Waals surface area (Å²) in [6.45, 7) is -0.497. The monoisotopic (exact) mass is 573 g/mol. The second-order valence-corrected chi connectivity index (χ2v) is 9.82. The first-order valence-corrected chi connectivity index (χ1v) is 13.4. The van der Waals surface area contributed by atoms with Crippen LogP contribution in [0.5, 0.6) is 0 Å². The summed E-state index contributed by atoms with van der Waals surface area (Å²) < 4.78 is 5.40. The maximum absolute atomic E-state index is 12.9. The van der Waals surface area contributed by atoms with Crippen molar-refractivity contribution in [1.29, 1.82) is 0 Å². The molecule has 42 heavy (non-hydrogen) atoms. The first kappa shape index (κ1) is 29.8. The molecule has 0 fully saturated rings. The van der Waals surface area contributed by atoms with E-state index in [1.54, 1.807) is 30.3 Å². The lowest BCUT2D eigenvalue weighted by Crippen LogP contribution is -2.53. The Morgan fingerprint density at radius 3 is 1.95 bits per heavy atom. The number of hydrogen-bond donors (Lipinski definition) is 5. The molecule has 1 aliphatic rings. The number of hydrogen-bond acceptors (Lipinski definition) is 6. The number of carbonyl (C=O) groups excluding carboxylic acids is 3. The van der Waals surface area contributed by atoms with Crippen molar-refractivity contribution in [2.45, 2.75) is 37.3 Å². The van der Waals surface area contributed by atoms with Crippen LogP contribution in [-0.2, 0) is 30.3 Å². The normalized spacial score (nSPS) is 13.1. The van der Waals surface area contributed by atoms with Crippen molar-refractivity contribution in [2.75, 3.05) is 13.2 Å². The number of amides is 3. The molecule has 0 saturated carbocycles. The molecule has 0 aromatic heterocycles. The standard InChI is InChI=1S/C31H31N3O8/c35-27(17-32-31(41)42-18-24-22-12-6-4-10-20(22)21-11-5-7-13-23(21)24)33-25(14-15-28(36)37)29(38)34-26(30(39)40)16-19-8-2-1-3-9-19/h1-13,24-26H,14-18H2,(H,32,41)(H,33,35)(H,34,38)(H,36,37)(H,39,40)/t25-,26-/m0/s1. The number of aliphatic carboxylic acids is 2. The Morgan fingerprint density at radius 2 is 1.36 bits per heavy atom. The van der Waals surface area contributed by atoms with Crippen molar-refractivity contribution in [3.63, 3.8) is 0 Å². The lowest BCUT2D eigenvalue weighted by molar-refractivity contribution is -0.142. The largest absolute Gasteiger partial charge is 0.481 e. The van der Waals surface area contributed by atoms with Crippen LogP contribution in [0.25, 0.3) is 11.1 Å². The predicted octanol–water partition coefficient (Wildman–Crippen LogP) is 2.69. The Hall–Kier alpha value is -5.19. The summed E-state index contributed by atoms with van der Waals surface area (Å²) in [5.74, 6) is -4.28. The molecule has 3 aromatic carbocycles. The smallest absolute Gasteiger partial charge is 0.407 e. The lowest BCUT2D eigenvalue weighted by atomic mass is 9.98. The van der Waals surface area contributed by atoms with Crippen molar-refractivity contribution < 1.29 is 38.9 Å². The van der Waals surface area contributed by atoms with E-state index in [1.165, 1.54) is 0 Å². The zero-order valence-corrected chi connectivity index (χ0v) is 22.6. The van der Waals surface area contributed by atoms with E-state index < -0.39 is 54.9 Å². The molecule has 0 spiro atoms. The number of benzene rings is 3. The quantitative estimate of drug-likeness (QED) is 0.208. The minimum absolute atomic E-state index is 0.00908. The molecule has 5 N–H and O–H groups in total. The second kappa shape index (κ2) is 13.9. The predicted molar refractivity (Wildman–Crippen MR) is 152 cm³/mol. The number of carboxylic acid groups (broad SMARTS) is 2. The van der Waals surface area contributed by atoms with Gasteiger partial charge in [-0.25, -0.2) is 9.59 Å². The van der Waals surface area contributed by atoms with Gasteiger partial charge in [-0.3, -0.25) is 14.4 Å². The van der Waals surface area contributed by atoms with Gasteiger partial charge >= 0.3 is 18.0 Å². The van der Waals surface area contributed by atoms with E-state index in [4.69, 9.17) is 9.84 Å².